The van der Waals surface area contributed by atoms with E-state index in [4.69, 9.17) is 0 Å². The van der Waals surface area contributed by atoms with E-state index in [0.717, 1.165) is 12.1 Å². The van der Waals surface area contributed by atoms with Crippen LogP contribution in [0.25, 0.3) is 0 Å². The van der Waals surface area contributed by atoms with Crippen molar-refractivity contribution in [3.05, 3.63) is 35.1 Å². The number of hydrogen-bond acceptors (Lipinski definition) is 1. The minimum absolute atomic E-state index is 0.165. The first-order valence-electron chi connectivity index (χ1n) is 6.40. The molecule has 1 atom stereocenters. The number of carbonyl (C=O) groups is 1. The molecule has 0 radical (unpaired) electrons. The van der Waals surface area contributed by atoms with Gasteiger partial charge in [-0.2, -0.15) is 13.2 Å². The Balaban J connectivity index is 3.23. The zero-order valence-electron chi connectivity index (χ0n) is 11.6. The summed E-state index contributed by atoms with van der Waals surface area (Å²) in [6.07, 6.45) is -4.17. The van der Waals surface area contributed by atoms with Crippen LogP contribution in [0.3, 0.4) is 0 Å². The minimum Gasteiger partial charge on any atom is -0.336 e. The Morgan fingerprint density at radius 3 is 2.35 bits per heavy atom. The highest BCUT2D eigenvalue weighted by molar-refractivity contribution is 5.95. The lowest BCUT2D eigenvalue weighted by Gasteiger charge is -2.27. The summed E-state index contributed by atoms with van der Waals surface area (Å²) in [5.41, 5.74) is -1.95. The fraction of sp³-hybridized carbons (Fsp3) is 0.500. The van der Waals surface area contributed by atoms with Crippen molar-refractivity contribution in [1.29, 1.82) is 0 Å². The molecule has 1 unspecified atom stereocenters. The number of alkyl halides is 3. The molecule has 1 rings (SSSR count). The first-order chi connectivity index (χ1) is 9.23. The lowest BCUT2D eigenvalue weighted by Crippen LogP contribution is -2.38. The van der Waals surface area contributed by atoms with Crippen LogP contribution < -0.4 is 0 Å². The Labute approximate surface area is 115 Å². The van der Waals surface area contributed by atoms with Crippen LogP contribution in [0.1, 0.15) is 43.1 Å². The molecule has 0 fully saturated rings. The molecule has 0 N–H and O–H groups in total. The molecule has 1 amide bonds. The summed E-state index contributed by atoms with van der Waals surface area (Å²) in [5.74, 6) is -2.22. The predicted molar refractivity (Wildman–Crippen MR) is 67.9 cm³/mol. The van der Waals surface area contributed by atoms with Gasteiger partial charge in [0.1, 0.15) is 5.82 Å². The number of rotatable bonds is 4. The van der Waals surface area contributed by atoms with E-state index in [1.807, 2.05) is 6.92 Å². The normalized spacial score (nSPS) is 13.2. The maximum atomic E-state index is 13.9. The summed E-state index contributed by atoms with van der Waals surface area (Å²) >= 11 is 0. The zero-order valence-corrected chi connectivity index (χ0v) is 11.6. The molecule has 20 heavy (non-hydrogen) atoms. The monoisotopic (exact) mass is 291 g/mol. The van der Waals surface area contributed by atoms with Crippen molar-refractivity contribution in [2.24, 2.45) is 0 Å². The van der Waals surface area contributed by atoms with Crippen LogP contribution in [-0.2, 0) is 6.18 Å². The second-order valence-corrected chi connectivity index (χ2v) is 4.51. The van der Waals surface area contributed by atoms with E-state index < -0.39 is 29.0 Å². The van der Waals surface area contributed by atoms with Crippen LogP contribution in [-0.4, -0.2) is 23.4 Å². The van der Waals surface area contributed by atoms with E-state index in [2.05, 4.69) is 0 Å². The van der Waals surface area contributed by atoms with Gasteiger partial charge in [-0.25, -0.2) is 4.39 Å². The second-order valence-electron chi connectivity index (χ2n) is 4.51. The van der Waals surface area contributed by atoms with Crippen LogP contribution in [0, 0.1) is 5.82 Å². The maximum absolute atomic E-state index is 13.9. The van der Waals surface area contributed by atoms with Gasteiger partial charge in [-0.1, -0.05) is 13.0 Å². The number of nitrogens with zero attached hydrogens (tertiary/aromatic N) is 1. The quantitative estimate of drug-likeness (QED) is 0.765. The smallest absolute Gasteiger partial charge is 0.336 e. The second kappa shape index (κ2) is 6.24. The minimum atomic E-state index is -4.81. The highest BCUT2D eigenvalue weighted by Gasteiger charge is 2.36. The van der Waals surface area contributed by atoms with E-state index >= 15 is 0 Å². The Kier molecular flexibility index (Phi) is 5.14. The maximum Gasteiger partial charge on any atom is 0.419 e. The van der Waals surface area contributed by atoms with Crippen molar-refractivity contribution in [1.82, 2.24) is 4.90 Å². The third-order valence-electron chi connectivity index (χ3n) is 3.26. The van der Waals surface area contributed by atoms with Crippen molar-refractivity contribution >= 4 is 5.91 Å². The van der Waals surface area contributed by atoms with Gasteiger partial charge in [-0.15, -0.1) is 0 Å². The first kappa shape index (κ1) is 16.5. The van der Waals surface area contributed by atoms with Gasteiger partial charge in [0.2, 0.25) is 0 Å². The number of benzene rings is 1. The Bertz CT molecular complexity index is 485. The molecule has 0 aliphatic rings. The average Bonchev–Trinajstić information content (AvgIpc) is 2.37. The molecule has 0 saturated heterocycles. The number of halogens is 4. The van der Waals surface area contributed by atoms with Crippen LogP contribution >= 0.6 is 0 Å². The molecule has 0 saturated carbocycles. The van der Waals surface area contributed by atoms with E-state index in [0.29, 0.717) is 19.0 Å². The molecule has 112 valence electrons. The fourth-order valence-electron chi connectivity index (χ4n) is 1.95. The predicted octanol–water partition coefficient (Wildman–Crippen LogP) is 4.11. The third kappa shape index (κ3) is 3.29. The van der Waals surface area contributed by atoms with Gasteiger partial charge in [0.25, 0.3) is 5.91 Å². The van der Waals surface area contributed by atoms with Crippen LogP contribution in [0.2, 0.25) is 0 Å². The Morgan fingerprint density at radius 1 is 1.30 bits per heavy atom. The first-order valence-corrected chi connectivity index (χ1v) is 6.40. The molecular weight excluding hydrogens is 274 g/mol. The SMILES string of the molecule is CCC(C)N(CC)C(=O)c1cccc(C(F)(F)F)c1F. The summed E-state index contributed by atoms with van der Waals surface area (Å²) in [7, 11) is 0. The van der Waals surface area contributed by atoms with Crippen molar-refractivity contribution < 1.29 is 22.4 Å². The Morgan fingerprint density at radius 2 is 1.90 bits per heavy atom. The molecule has 0 bridgehead atoms. The summed E-state index contributed by atoms with van der Waals surface area (Å²) in [6, 6.07) is 2.59. The molecular formula is C14H17F4NO. The van der Waals surface area contributed by atoms with Crippen molar-refractivity contribution in [2.75, 3.05) is 6.54 Å². The molecule has 1 aromatic rings. The average molecular weight is 291 g/mol. The van der Waals surface area contributed by atoms with Crippen molar-refractivity contribution in [2.45, 2.75) is 39.4 Å². The largest absolute Gasteiger partial charge is 0.419 e. The van der Waals surface area contributed by atoms with Crippen LogP contribution in [0.4, 0.5) is 17.6 Å². The molecule has 0 aliphatic carbocycles. The Hall–Kier alpha value is -1.59. The van der Waals surface area contributed by atoms with Crippen molar-refractivity contribution in [3.63, 3.8) is 0 Å². The van der Waals surface area contributed by atoms with E-state index in [1.165, 1.54) is 4.90 Å². The van der Waals surface area contributed by atoms with Gasteiger partial charge in [0.05, 0.1) is 11.1 Å². The van der Waals surface area contributed by atoms with E-state index in [1.54, 1.807) is 13.8 Å². The highest BCUT2D eigenvalue weighted by atomic mass is 19.4. The van der Waals surface area contributed by atoms with Crippen molar-refractivity contribution in [3.8, 4) is 0 Å². The summed E-state index contributed by atoms with van der Waals surface area (Å²) in [5, 5.41) is 0. The summed E-state index contributed by atoms with van der Waals surface area (Å²) in [6.45, 7) is 5.63. The molecule has 0 heterocycles. The molecule has 1 aromatic carbocycles. The third-order valence-corrected chi connectivity index (χ3v) is 3.26. The molecule has 0 aromatic heterocycles. The molecule has 2 nitrogen and oxygen atoms in total. The topological polar surface area (TPSA) is 20.3 Å². The number of carbonyl (C=O) groups excluding carboxylic acids is 1. The van der Waals surface area contributed by atoms with Gasteiger partial charge >= 0.3 is 6.18 Å². The summed E-state index contributed by atoms with van der Waals surface area (Å²) < 4.78 is 51.8. The molecule has 0 spiro atoms. The lowest BCUT2D eigenvalue weighted by molar-refractivity contribution is -0.140. The molecule has 0 aliphatic heterocycles. The summed E-state index contributed by atoms with van der Waals surface area (Å²) in [4.78, 5) is 13.6. The van der Waals surface area contributed by atoms with Crippen LogP contribution in [0.15, 0.2) is 18.2 Å². The van der Waals surface area contributed by atoms with Gasteiger partial charge in [0, 0.05) is 12.6 Å². The number of hydrogen-bond donors (Lipinski definition) is 0. The van der Waals surface area contributed by atoms with Crippen LogP contribution in [0.5, 0.6) is 0 Å². The van der Waals surface area contributed by atoms with Gasteiger partial charge in [-0.3, -0.25) is 4.79 Å². The standard InChI is InChI=1S/C14H17F4NO/c1-4-9(3)19(5-2)13(20)10-7-6-8-11(12(10)15)14(16,17)18/h6-9H,4-5H2,1-3H3. The fourth-order valence-corrected chi connectivity index (χ4v) is 1.95. The van der Waals surface area contributed by atoms with Gasteiger partial charge < -0.3 is 4.90 Å². The lowest BCUT2D eigenvalue weighted by atomic mass is 10.1. The highest BCUT2D eigenvalue weighted by Crippen LogP contribution is 2.32. The number of amides is 1. The zero-order chi connectivity index (χ0) is 15.5. The molecule has 6 heteroatoms. The van der Waals surface area contributed by atoms with Gasteiger partial charge in [-0.05, 0) is 32.4 Å². The van der Waals surface area contributed by atoms with E-state index in [9.17, 15) is 22.4 Å². The van der Waals surface area contributed by atoms with E-state index in [-0.39, 0.29) is 6.04 Å². The van der Waals surface area contributed by atoms with Gasteiger partial charge in [0.15, 0.2) is 0 Å².